The van der Waals surface area contributed by atoms with E-state index in [1.54, 1.807) is 0 Å². The van der Waals surface area contributed by atoms with E-state index in [2.05, 4.69) is 31.2 Å². The summed E-state index contributed by atoms with van der Waals surface area (Å²) in [5.41, 5.74) is 8.91. The van der Waals surface area contributed by atoms with Crippen molar-refractivity contribution in [3.8, 4) is 0 Å². The van der Waals surface area contributed by atoms with Gasteiger partial charge in [0.1, 0.15) is 0 Å². The van der Waals surface area contributed by atoms with Crippen molar-refractivity contribution in [2.75, 3.05) is 6.61 Å². The molecule has 2 aliphatic rings. The molecule has 98 valence electrons. The Kier molecular flexibility index (Phi) is 3.16. The summed E-state index contributed by atoms with van der Waals surface area (Å²) in [6.07, 6.45) is 6.29. The molecule has 2 atom stereocenters. The maximum Gasteiger partial charge on any atom is 0.0847 e. The molecule has 0 spiro atoms. The molecule has 0 radical (unpaired) electrons. The van der Waals surface area contributed by atoms with Crippen LogP contribution in [0.25, 0.3) is 0 Å². The Morgan fingerprint density at radius 2 is 1.94 bits per heavy atom. The predicted molar refractivity (Wildman–Crippen MR) is 73.6 cm³/mol. The Balaban J connectivity index is 1.75. The molecule has 1 heterocycles. The summed E-state index contributed by atoms with van der Waals surface area (Å²) in [7, 11) is 0. The largest absolute Gasteiger partial charge is 0.373 e. The molecular weight excluding hydrogens is 222 g/mol. The monoisotopic (exact) mass is 245 g/mol. The fourth-order valence-corrected chi connectivity index (χ4v) is 3.12. The maximum atomic E-state index is 6.38. The molecule has 2 N–H and O–H groups in total. The normalized spacial score (nSPS) is 30.1. The summed E-state index contributed by atoms with van der Waals surface area (Å²) in [5, 5.41) is 0. The van der Waals surface area contributed by atoms with E-state index in [9.17, 15) is 0 Å². The molecule has 2 fully saturated rings. The van der Waals surface area contributed by atoms with E-state index in [0.717, 1.165) is 25.4 Å². The van der Waals surface area contributed by atoms with Gasteiger partial charge in [-0.05, 0) is 49.7 Å². The predicted octanol–water partition coefficient (Wildman–Crippen LogP) is 3.52. The van der Waals surface area contributed by atoms with Crippen LogP contribution >= 0.6 is 0 Å². The lowest BCUT2D eigenvalue weighted by atomic mass is 9.79. The zero-order valence-corrected chi connectivity index (χ0v) is 11.2. The summed E-state index contributed by atoms with van der Waals surface area (Å²) in [6, 6.07) is 8.92. The van der Waals surface area contributed by atoms with E-state index in [1.165, 1.54) is 30.4 Å². The highest BCUT2D eigenvalue weighted by atomic mass is 16.5. The number of nitrogens with two attached hydrogens (primary N) is 1. The van der Waals surface area contributed by atoms with E-state index in [1.807, 2.05) is 0 Å². The molecule has 18 heavy (non-hydrogen) atoms. The second-order valence-corrected chi connectivity index (χ2v) is 6.04. The van der Waals surface area contributed by atoms with Crippen molar-refractivity contribution in [3.63, 3.8) is 0 Å². The van der Waals surface area contributed by atoms with Crippen LogP contribution < -0.4 is 5.73 Å². The van der Waals surface area contributed by atoms with Gasteiger partial charge in [-0.15, -0.1) is 0 Å². The van der Waals surface area contributed by atoms with Gasteiger partial charge in [-0.3, -0.25) is 0 Å². The second-order valence-electron chi connectivity index (χ2n) is 6.04. The van der Waals surface area contributed by atoms with Crippen molar-refractivity contribution in [2.24, 2.45) is 5.73 Å². The first kappa shape index (κ1) is 12.2. The molecule has 1 aliphatic carbocycles. The highest BCUT2D eigenvalue weighted by molar-refractivity contribution is 5.29. The zero-order valence-electron chi connectivity index (χ0n) is 11.2. The van der Waals surface area contributed by atoms with Crippen LogP contribution in [0.2, 0.25) is 0 Å². The lowest BCUT2D eigenvalue weighted by Crippen LogP contribution is -2.37. The third-order valence-electron chi connectivity index (χ3n) is 4.78. The third kappa shape index (κ3) is 2.08. The van der Waals surface area contributed by atoms with E-state index in [0.29, 0.717) is 0 Å². The van der Waals surface area contributed by atoms with Crippen molar-refractivity contribution >= 4 is 0 Å². The molecular formula is C16H23NO. The first-order valence-corrected chi connectivity index (χ1v) is 7.18. The Labute approximate surface area is 110 Å². The number of ether oxygens (including phenoxy) is 1. The van der Waals surface area contributed by atoms with Crippen LogP contribution in [0.1, 0.15) is 62.1 Å². The molecule has 3 rings (SSSR count). The van der Waals surface area contributed by atoms with Gasteiger partial charge in [-0.25, -0.2) is 0 Å². The molecule has 2 unspecified atom stereocenters. The first-order valence-electron chi connectivity index (χ1n) is 7.18. The number of hydrogen-bond donors (Lipinski definition) is 1. The van der Waals surface area contributed by atoms with E-state index >= 15 is 0 Å². The molecule has 0 bridgehead atoms. The highest BCUT2D eigenvalue weighted by Crippen LogP contribution is 2.38. The molecule has 1 saturated heterocycles. The van der Waals surface area contributed by atoms with Gasteiger partial charge >= 0.3 is 0 Å². The van der Waals surface area contributed by atoms with Crippen LogP contribution in [-0.4, -0.2) is 12.2 Å². The van der Waals surface area contributed by atoms with Crippen LogP contribution in [0.5, 0.6) is 0 Å². The quantitative estimate of drug-likeness (QED) is 0.884. The van der Waals surface area contributed by atoms with E-state index in [4.69, 9.17) is 10.5 Å². The van der Waals surface area contributed by atoms with Gasteiger partial charge in [0.05, 0.1) is 11.6 Å². The number of rotatable bonds is 3. The fraction of sp³-hybridized carbons (Fsp3) is 0.625. The Hall–Kier alpha value is -0.860. The fourth-order valence-electron chi connectivity index (χ4n) is 3.12. The van der Waals surface area contributed by atoms with Crippen LogP contribution in [-0.2, 0) is 4.74 Å². The van der Waals surface area contributed by atoms with Crippen LogP contribution in [0.15, 0.2) is 24.3 Å². The molecule has 2 nitrogen and oxygen atoms in total. The lowest BCUT2D eigenvalue weighted by Gasteiger charge is -2.31. The average molecular weight is 245 g/mol. The van der Waals surface area contributed by atoms with Crippen molar-refractivity contribution in [1.29, 1.82) is 0 Å². The second kappa shape index (κ2) is 4.67. The van der Waals surface area contributed by atoms with Crippen molar-refractivity contribution in [3.05, 3.63) is 35.4 Å². The van der Waals surface area contributed by atoms with Gasteiger partial charge < -0.3 is 10.5 Å². The number of benzene rings is 1. The van der Waals surface area contributed by atoms with Gasteiger partial charge in [0.15, 0.2) is 0 Å². The zero-order chi connectivity index (χ0) is 12.6. The van der Waals surface area contributed by atoms with E-state index in [-0.39, 0.29) is 11.6 Å². The van der Waals surface area contributed by atoms with Gasteiger partial charge in [-0.1, -0.05) is 30.7 Å². The van der Waals surface area contributed by atoms with Gasteiger partial charge in [-0.2, -0.15) is 0 Å². The Bertz CT molecular complexity index is 402. The van der Waals surface area contributed by atoms with Crippen molar-refractivity contribution in [1.82, 2.24) is 0 Å². The highest BCUT2D eigenvalue weighted by Gasteiger charge is 2.37. The summed E-state index contributed by atoms with van der Waals surface area (Å²) in [6.45, 7) is 2.99. The minimum atomic E-state index is -0.169. The first-order chi connectivity index (χ1) is 8.69. The molecule has 1 aromatic carbocycles. The smallest absolute Gasteiger partial charge is 0.0847 e. The van der Waals surface area contributed by atoms with Crippen LogP contribution in [0, 0.1) is 0 Å². The number of hydrogen-bond acceptors (Lipinski definition) is 2. The average Bonchev–Trinajstić information content (AvgIpc) is 2.75. The summed E-state index contributed by atoms with van der Waals surface area (Å²) < 4.78 is 5.84. The standard InChI is InChI=1S/C16H23NO/c1-16(10-3-11-18-16)15(17)14-8-6-13(7-9-14)12-4-2-5-12/h6-9,12,15H,2-5,10-11,17H2,1H3. The van der Waals surface area contributed by atoms with Crippen LogP contribution in [0.3, 0.4) is 0 Å². The summed E-state index contributed by atoms with van der Waals surface area (Å²) in [5.74, 6) is 0.800. The molecule has 0 aromatic heterocycles. The lowest BCUT2D eigenvalue weighted by molar-refractivity contribution is -0.00174. The third-order valence-corrected chi connectivity index (χ3v) is 4.78. The SMILES string of the molecule is CC1(C(N)c2ccc(C3CCC3)cc2)CCCO1. The molecule has 1 aromatic rings. The van der Waals surface area contributed by atoms with E-state index < -0.39 is 0 Å². The summed E-state index contributed by atoms with van der Waals surface area (Å²) in [4.78, 5) is 0. The molecule has 2 heteroatoms. The Morgan fingerprint density at radius 1 is 1.22 bits per heavy atom. The van der Waals surface area contributed by atoms with Gasteiger partial charge in [0.25, 0.3) is 0 Å². The Morgan fingerprint density at radius 3 is 2.44 bits per heavy atom. The molecule has 1 aliphatic heterocycles. The van der Waals surface area contributed by atoms with Gasteiger partial charge in [0, 0.05) is 6.61 Å². The molecule has 1 saturated carbocycles. The summed E-state index contributed by atoms with van der Waals surface area (Å²) >= 11 is 0. The van der Waals surface area contributed by atoms with Gasteiger partial charge in [0.2, 0.25) is 0 Å². The van der Waals surface area contributed by atoms with Crippen molar-refractivity contribution in [2.45, 2.75) is 56.6 Å². The van der Waals surface area contributed by atoms with Crippen LogP contribution in [0.4, 0.5) is 0 Å². The minimum Gasteiger partial charge on any atom is -0.373 e. The molecule has 0 amide bonds. The minimum absolute atomic E-state index is 0.00422. The maximum absolute atomic E-state index is 6.38. The topological polar surface area (TPSA) is 35.2 Å². The van der Waals surface area contributed by atoms with Crippen molar-refractivity contribution < 1.29 is 4.74 Å².